The van der Waals surface area contributed by atoms with Crippen molar-refractivity contribution >= 4 is 5.91 Å². The number of benzene rings is 2. The Morgan fingerprint density at radius 2 is 2.00 bits per heavy atom. The molecule has 0 aliphatic heterocycles. The molecule has 1 N–H and O–H groups in total. The number of carbonyl (C=O) groups is 1. The molecule has 0 spiro atoms. The number of ether oxygens (including phenoxy) is 2. The Morgan fingerprint density at radius 3 is 2.74 bits per heavy atom. The lowest BCUT2D eigenvalue weighted by molar-refractivity contribution is -0.132. The highest BCUT2D eigenvalue weighted by Crippen LogP contribution is 2.14. The second kappa shape index (κ2) is 8.29. The molecule has 4 nitrogen and oxygen atoms in total. The minimum Gasteiger partial charge on any atom is -0.497 e. The van der Waals surface area contributed by atoms with Gasteiger partial charge in [0.05, 0.1) is 13.7 Å². The van der Waals surface area contributed by atoms with Crippen molar-refractivity contribution in [1.29, 1.82) is 0 Å². The first-order chi connectivity index (χ1) is 11.1. The zero-order chi connectivity index (χ0) is 16.7. The molecular weight excluding hydrogens is 297 g/mol. The van der Waals surface area contributed by atoms with E-state index in [2.05, 4.69) is 5.32 Å². The molecule has 5 heteroatoms. The molecule has 0 aliphatic rings. The largest absolute Gasteiger partial charge is 0.497 e. The first-order valence-electron chi connectivity index (χ1n) is 7.36. The van der Waals surface area contributed by atoms with Crippen molar-refractivity contribution in [1.82, 2.24) is 5.32 Å². The number of carbonyl (C=O) groups excluding carboxylic acids is 1. The van der Waals surface area contributed by atoms with E-state index in [0.717, 1.165) is 11.3 Å². The lowest BCUT2D eigenvalue weighted by Crippen LogP contribution is -2.34. The molecule has 0 heterocycles. The van der Waals surface area contributed by atoms with Crippen LogP contribution in [0.3, 0.4) is 0 Å². The molecule has 0 saturated carbocycles. The summed E-state index contributed by atoms with van der Waals surface area (Å²) in [4.78, 5) is 12.0. The normalized spacial score (nSPS) is 11.8. The Morgan fingerprint density at radius 1 is 1.22 bits per heavy atom. The first kappa shape index (κ1) is 17.0. The van der Waals surface area contributed by atoms with Crippen molar-refractivity contribution in [2.45, 2.75) is 26.2 Å². The minimum absolute atomic E-state index is 0.137. The summed E-state index contributed by atoms with van der Waals surface area (Å²) in [5, 5.41) is 2.67. The van der Waals surface area contributed by atoms with Crippen LogP contribution in [0.5, 0.6) is 5.75 Å². The van der Waals surface area contributed by atoms with Gasteiger partial charge in [-0.25, -0.2) is 4.39 Å². The molecule has 0 unspecified atom stereocenters. The fraction of sp³-hybridized carbons (Fsp3) is 0.278. The maximum absolute atomic E-state index is 13.5. The number of halogens is 1. The van der Waals surface area contributed by atoms with Gasteiger partial charge in [-0.05, 0) is 30.7 Å². The van der Waals surface area contributed by atoms with Crippen LogP contribution in [-0.4, -0.2) is 19.1 Å². The van der Waals surface area contributed by atoms with E-state index in [9.17, 15) is 9.18 Å². The van der Waals surface area contributed by atoms with Gasteiger partial charge in [-0.1, -0.05) is 30.3 Å². The molecule has 122 valence electrons. The van der Waals surface area contributed by atoms with Crippen LogP contribution >= 0.6 is 0 Å². The van der Waals surface area contributed by atoms with Crippen LogP contribution in [0.25, 0.3) is 0 Å². The average molecular weight is 317 g/mol. The molecule has 1 atom stereocenters. The van der Waals surface area contributed by atoms with E-state index in [-0.39, 0.29) is 18.3 Å². The van der Waals surface area contributed by atoms with Gasteiger partial charge in [0.2, 0.25) is 5.91 Å². The highest BCUT2D eigenvalue weighted by molar-refractivity contribution is 5.80. The van der Waals surface area contributed by atoms with Crippen molar-refractivity contribution in [2.75, 3.05) is 7.11 Å². The van der Waals surface area contributed by atoms with E-state index in [1.165, 1.54) is 6.07 Å². The SMILES string of the molecule is COc1cccc(CO[C@@H](C)C(=O)NCc2ccccc2F)c1. The van der Waals surface area contributed by atoms with E-state index >= 15 is 0 Å². The summed E-state index contributed by atoms with van der Waals surface area (Å²) >= 11 is 0. The zero-order valence-electron chi connectivity index (χ0n) is 13.2. The summed E-state index contributed by atoms with van der Waals surface area (Å²) in [7, 11) is 1.60. The second-order valence-electron chi connectivity index (χ2n) is 5.11. The summed E-state index contributed by atoms with van der Waals surface area (Å²) in [6, 6.07) is 13.8. The van der Waals surface area contributed by atoms with Crippen molar-refractivity contribution in [2.24, 2.45) is 0 Å². The number of hydrogen-bond donors (Lipinski definition) is 1. The summed E-state index contributed by atoms with van der Waals surface area (Å²) in [5.74, 6) is 0.122. The van der Waals surface area contributed by atoms with Gasteiger partial charge in [-0.2, -0.15) is 0 Å². The summed E-state index contributed by atoms with van der Waals surface area (Å²) in [5.41, 5.74) is 1.36. The van der Waals surface area contributed by atoms with E-state index in [4.69, 9.17) is 9.47 Å². The fourth-order valence-corrected chi connectivity index (χ4v) is 2.03. The van der Waals surface area contributed by atoms with E-state index in [0.29, 0.717) is 12.2 Å². The first-order valence-corrected chi connectivity index (χ1v) is 7.36. The molecule has 2 aromatic rings. The molecule has 0 saturated heterocycles. The van der Waals surface area contributed by atoms with Crippen molar-refractivity contribution < 1.29 is 18.7 Å². The molecule has 0 bridgehead atoms. The molecule has 0 aromatic heterocycles. The third-order valence-electron chi connectivity index (χ3n) is 3.41. The molecule has 2 aromatic carbocycles. The van der Waals surface area contributed by atoms with Gasteiger partial charge in [-0.15, -0.1) is 0 Å². The molecular formula is C18H20FNO3. The quantitative estimate of drug-likeness (QED) is 0.854. The molecule has 2 rings (SSSR count). The summed E-state index contributed by atoms with van der Waals surface area (Å²) < 4.78 is 24.2. The molecule has 0 fully saturated rings. The van der Waals surface area contributed by atoms with Crippen LogP contribution in [0.15, 0.2) is 48.5 Å². The maximum atomic E-state index is 13.5. The Kier molecular flexibility index (Phi) is 6.11. The zero-order valence-corrected chi connectivity index (χ0v) is 13.2. The van der Waals surface area contributed by atoms with Gasteiger partial charge in [0.25, 0.3) is 0 Å². The van der Waals surface area contributed by atoms with Crippen molar-refractivity contribution in [3.05, 3.63) is 65.5 Å². The number of methoxy groups -OCH3 is 1. The van der Waals surface area contributed by atoms with Gasteiger partial charge in [-0.3, -0.25) is 4.79 Å². The number of nitrogens with one attached hydrogen (secondary N) is 1. The predicted molar refractivity (Wildman–Crippen MR) is 85.5 cm³/mol. The standard InChI is InChI=1S/C18H20FNO3/c1-13(23-12-14-6-5-8-16(10-14)22-2)18(21)20-11-15-7-3-4-9-17(15)19/h3-10,13H,11-12H2,1-2H3,(H,20,21)/t13-/m0/s1. The van der Waals surface area contributed by atoms with Gasteiger partial charge < -0.3 is 14.8 Å². The predicted octanol–water partition coefficient (Wildman–Crippen LogP) is 3.06. The van der Waals surface area contributed by atoms with Crippen LogP contribution in [-0.2, 0) is 22.7 Å². The van der Waals surface area contributed by atoms with Gasteiger partial charge in [0.1, 0.15) is 17.7 Å². The van der Waals surface area contributed by atoms with Gasteiger partial charge in [0.15, 0.2) is 0 Å². The Balaban J connectivity index is 1.81. The lowest BCUT2D eigenvalue weighted by Gasteiger charge is -2.14. The third-order valence-corrected chi connectivity index (χ3v) is 3.41. The fourth-order valence-electron chi connectivity index (χ4n) is 2.03. The highest BCUT2D eigenvalue weighted by Gasteiger charge is 2.14. The van der Waals surface area contributed by atoms with Crippen LogP contribution in [0.1, 0.15) is 18.1 Å². The Labute approximate surface area is 135 Å². The molecule has 0 aliphatic carbocycles. The van der Waals surface area contributed by atoms with Gasteiger partial charge in [0, 0.05) is 12.1 Å². The molecule has 0 radical (unpaired) electrons. The third kappa shape index (κ3) is 5.07. The average Bonchev–Trinajstić information content (AvgIpc) is 2.58. The maximum Gasteiger partial charge on any atom is 0.249 e. The molecule has 1 amide bonds. The Hall–Kier alpha value is -2.40. The highest BCUT2D eigenvalue weighted by atomic mass is 19.1. The van der Waals surface area contributed by atoms with Crippen LogP contribution in [0, 0.1) is 5.82 Å². The topological polar surface area (TPSA) is 47.6 Å². The van der Waals surface area contributed by atoms with E-state index in [1.54, 1.807) is 32.2 Å². The summed E-state index contributed by atoms with van der Waals surface area (Å²) in [6.45, 7) is 2.10. The van der Waals surface area contributed by atoms with Crippen molar-refractivity contribution in [3.63, 3.8) is 0 Å². The van der Waals surface area contributed by atoms with Crippen LogP contribution < -0.4 is 10.1 Å². The minimum atomic E-state index is -0.632. The van der Waals surface area contributed by atoms with Crippen molar-refractivity contribution in [3.8, 4) is 5.75 Å². The number of amides is 1. The lowest BCUT2D eigenvalue weighted by atomic mass is 10.2. The Bertz CT molecular complexity index is 660. The number of hydrogen-bond acceptors (Lipinski definition) is 3. The van der Waals surface area contributed by atoms with E-state index < -0.39 is 6.10 Å². The van der Waals surface area contributed by atoms with Crippen LogP contribution in [0.2, 0.25) is 0 Å². The monoisotopic (exact) mass is 317 g/mol. The smallest absolute Gasteiger partial charge is 0.249 e. The van der Waals surface area contributed by atoms with Crippen LogP contribution in [0.4, 0.5) is 4.39 Å². The second-order valence-corrected chi connectivity index (χ2v) is 5.11. The number of rotatable bonds is 7. The van der Waals surface area contributed by atoms with Gasteiger partial charge >= 0.3 is 0 Å². The molecule has 23 heavy (non-hydrogen) atoms. The summed E-state index contributed by atoms with van der Waals surface area (Å²) in [6.07, 6.45) is -0.632. The van der Waals surface area contributed by atoms with E-state index in [1.807, 2.05) is 24.3 Å².